The molecular formula is C15H13ClFNO2. The lowest BCUT2D eigenvalue weighted by Crippen LogP contribution is -2.14. The average Bonchev–Trinajstić information content (AvgIpc) is 2.47. The molecular weight excluding hydrogens is 281 g/mol. The predicted molar refractivity (Wildman–Crippen MR) is 76.4 cm³/mol. The fourth-order valence-corrected chi connectivity index (χ4v) is 2.19. The van der Waals surface area contributed by atoms with E-state index in [-0.39, 0.29) is 5.56 Å². The van der Waals surface area contributed by atoms with Crippen molar-refractivity contribution in [3.05, 3.63) is 53.3 Å². The summed E-state index contributed by atoms with van der Waals surface area (Å²) in [5.74, 6) is -0.646. The summed E-state index contributed by atoms with van der Waals surface area (Å²) in [5.41, 5.74) is 2.37. The standard InChI is InChI=1S/C15H13ClFNO2/c1-9-4-3-5-13(20-2)14(9)10-6-7-12(17)11(8-10)15(19)18-16/h3-8H,1-2H3,(H,18,19). The Kier molecular flexibility index (Phi) is 4.25. The maximum Gasteiger partial charge on any atom is 0.268 e. The highest BCUT2D eigenvalue weighted by atomic mass is 35.5. The number of hydrogen-bond donors (Lipinski definition) is 1. The van der Waals surface area contributed by atoms with E-state index in [1.807, 2.05) is 30.0 Å². The summed E-state index contributed by atoms with van der Waals surface area (Å²) < 4.78 is 19.0. The molecule has 0 fully saturated rings. The third-order valence-corrected chi connectivity index (χ3v) is 3.21. The third-order valence-electron chi connectivity index (χ3n) is 3.04. The van der Waals surface area contributed by atoms with Crippen LogP contribution in [0, 0.1) is 12.7 Å². The van der Waals surface area contributed by atoms with Gasteiger partial charge in [0.1, 0.15) is 11.6 Å². The molecule has 104 valence electrons. The molecule has 0 aliphatic heterocycles. The highest BCUT2D eigenvalue weighted by Crippen LogP contribution is 2.33. The molecule has 0 saturated heterocycles. The molecule has 2 aromatic carbocycles. The Hall–Kier alpha value is -2.07. The number of benzene rings is 2. The van der Waals surface area contributed by atoms with E-state index in [9.17, 15) is 9.18 Å². The van der Waals surface area contributed by atoms with Crippen LogP contribution in [-0.2, 0) is 0 Å². The van der Waals surface area contributed by atoms with Gasteiger partial charge >= 0.3 is 0 Å². The molecule has 0 radical (unpaired) electrons. The van der Waals surface area contributed by atoms with Gasteiger partial charge in [-0.25, -0.2) is 4.39 Å². The largest absolute Gasteiger partial charge is 0.496 e. The number of ether oxygens (including phenoxy) is 1. The topological polar surface area (TPSA) is 38.3 Å². The number of carbonyl (C=O) groups excluding carboxylic acids is 1. The van der Waals surface area contributed by atoms with Gasteiger partial charge in [-0.3, -0.25) is 9.63 Å². The maximum absolute atomic E-state index is 13.7. The first kappa shape index (κ1) is 14.3. The van der Waals surface area contributed by atoms with Crippen molar-refractivity contribution in [2.75, 3.05) is 7.11 Å². The second kappa shape index (κ2) is 5.92. The number of hydrogen-bond acceptors (Lipinski definition) is 2. The predicted octanol–water partition coefficient (Wildman–Crippen LogP) is 3.69. The summed E-state index contributed by atoms with van der Waals surface area (Å²) in [4.78, 5) is 13.4. The summed E-state index contributed by atoms with van der Waals surface area (Å²) >= 11 is 5.26. The molecule has 20 heavy (non-hydrogen) atoms. The number of methoxy groups -OCH3 is 1. The third kappa shape index (κ3) is 2.60. The van der Waals surface area contributed by atoms with Crippen molar-refractivity contribution in [1.29, 1.82) is 0 Å². The van der Waals surface area contributed by atoms with E-state index in [0.717, 1.165) is 11.1 Å². The van der Waals surface area contributed by atoms with Crippen molar-refractivity contribution in [3.8, 4) is 16.9 Å². The molecule has 1 N–H and O–H groups in total. The summed E-state index contributed by atoms with van der Waals surface area (Å²) in [6.45, 7) is 1.92. The van der Waals surface area contributed by atoms with Crippen LogP contribution < -0.4 is 9.57 Å². The molecule has 0 aromatic heterocycles. The van der Waals surface area contributed by atoms with Crippen LogP contribution in [0.25, 0.3) is 11.1 Å². The number of rotatable bonds is 3. The highest BCUT2D eigenvalue weighted by molar-refractivity contribution is 6.24. The molecule has 5 heteroatoms. The van der Waals surface area contributed by atoms with Gasteiger partial charge < -0.3 is 4.74 Å². The van der Waals surface area contributed by atoms with Crippen LogP contribution in [0.1, 0.15) is 15.9 Å². The summed E-state index contributed by atoms with van der Waals surface area (Å²) in [6.07, 6.45) is 0. The van der Waals surface area contributed by atoms with Gasteiger partial charge in [-0.05, 0) is 36.2 Å². The van der Waals surface area contributed by atoms with Crippen LogP contribution in [0.5, 0.6) is 5.75 Å². The van der Waals surface area contributed by atoms with E-state index in [0.29, 0.717) is 11.3 Å². The van der Waals surface area contributed by atoms with Crippen molar-refractivity contribution < 1.29 is 13.9 Å². The Bertz CT molecular complexity index is 658. The molecule has 0 unspecified atom stereocenters. The van der Waals surface area contributed by atoms with Gasteiger partial charge in [0.15, 0.2) is 0 Å². The molecule has 0 aliphatic rings. The van der Waals surface area contributed by atoms with Gasteiger partial charge in [0.05, 0.1) is 12.7 Å². The SMILES string of the molecule is COc1cccc(C)c1-c1ccc(F)c(C(=O)NCl)c1. The molecule has 0 spiro atoms. The molecule has 0 bridgehead atoms. The van der Waals surface area contributed by atoms with Crippen molar-refractivity contribution in [1.82, 2.24) is 4.84 Å². The van der Waals surface area contributed by atoms with Gasteiger partial charge in [0, 0.05) is 17.3 Å². The van der Waals surface area contributed by atoms with E-state index in [1.54, 1.807) is 13.2 Å². The Morgan fingerprint density at radius 1 is 1.30 bits per heavy atom. The molecule has 2 rings (SSSR count). The van der Waals surface area contributed by atoms with Crippen LogP contribution in [0.4, 0.5) is 4.39 Å². The Labute approximate surface area is 121 Å². The van der Waals surface area contributed by atoms with Crippen molar-refractivity contribution in [2.24, 2.45) is 0 Å². The van der Waals surface area contributed by atoms with E-state index in [1.165, 1.54) is 12.1 Å². The van der Waals surface area contributed by atoms with Crippen LogP contribution in [0.2, 0.25) is 0 Å². The van der Waals surface area contributed by atoms with Crippen LogP contribution in [-0.4, -0.2) is 13.0 Å². The first-order valence-corrected chi connectivity index (χ1v) is 6.30. The molecule has 0 heterocycles. The number of carbonyl (C=O) groups is 1. The van der Waals surface area contributed by atoms with Gasteiger partial charge in [-0.2, -0.15) is 0 Å². The van der Waals surface area contributed by atoms with E-state index < -0.39 is 11.7 Å². The normalized spacial score (nSPS) is 10.2. The lowest BCUT2D eigenvalue weighted by atomic mass is 9.97. The molecule has 2 aromatic rings. The van der Waals surface area contributed by atoms with Gasteiger partial charge in [-0.15, -0.1) is 0 Å². The zero-order valence-corrected chi connectivity index (χ0v) is 11.8. The fraction of sp³-hybridized carbons (Fsp3) is 0.133. The second-order valence-electron chi connectivity index (χ2n) is 4.27. The van der Waals surface area contributed by atoms with Gasteiger partial charge in [0.25, 0.3) is 5.91 Å². The molecule has 0 aliphatic carbocycles. The number of amides is 1. The van der Waals surface area contributed by atoms with Crippen molar-refractivity contribution in [2.45, 2.75) is 6.92 Å². The minimum atomic E-state index is -0.682. The van der Waals surface area contributed by atoms with Crippen LogP contribution in [0.15, 0.2) is 36.4 Å². The molecule has 1 amide bonds. The molecule has 0 saturated carbocycles. The monoisotopic (exact) mass is 293 g/mol. The van der Waals surface area contributed by atoms with Crippen LogP contribution >= 0.6 is 11.8 Å². The minimum Gasteiger partial charge on any atom is -0.496 e. The van der Waals surface area contributed by atoms with E-state index >= 15 is 0 Å². The lowest BCUT2D eigenvalue weighted by Gasteiger charge is -2.12. The minimum absolute atomic E-state index is 0.109. The summed E-state index contributed by atoms with van der Waals surface area (Å²) in [6, 6.07) is 9.90. The summed E-state index contributed by atoms with van der Waals surface area (Å²) in [5, 5.41) is 0. The first-order valence-electron chi connectivity index (χ1n) is 5.93. The van der Waals surface area contributed by atoms with Crippen LogP contribution in [0.3, 0.4) is 0 Å². The molecule has 0 atom stereocenters. The molecule has 3 nitrogen and oxygen atoms in total. The van der Waals surface area contributed by atoms with E-state index in [4.69, 9.17) is 16.5 Å². The zero-order chi connectivity index (χ0) is 14.7. The highest BCUT2D eigenvalue weighted by Gasteiger charge is 2.15. The Morgan fingerprint density at radius 3 is 2.70 bits per heavy atom. The number of halogens is 2. The quantitative estimate of drug-likeness (QED) is 0.877. The van der Waals surface area contributed by atoms with Crippen molar-refractivity contribution >= 4 is 17.7 Å². The van der Waals surface area contributed by atoms with Gasteiger partial charge in [-0.1, -0.05) is 18.2 Å². The lowest BCUT2D eigenvalue weighted by molar-refractivity contribution is 0.0978. The Morgan fingerprint density at radius 2 is 2.05 bits per heavy atom. The second-order valence-corrected chi connectivity index (χ2v) is 4.46. The van der Waals surface area contributed by atoms with Gasteiger partial charge in [0.2, 0.25) is 0 Å². The van der Waals surface area contributed by atoms with E-state index in [2.05, 4.69) is 0 Å². The first-order chi connectivity index (χ1) is 9.58. The maximum atomic E-state index is 13.7. The average molecular weight is 294 g/mol. The smallest absolute Gasteiger partial charge is 0.268 e. The zero-order valence-electron chi connectivity index (χ0n) is 11.0. The summed E-state index contributed by atoms with van der Waals surface area (Å²) in [7, 11) is 1.56. The van der Waals surface area contributed by atoms with Crippen molar-refractivity contribution in [3.63, 3.8) is 0 Å². The fourth-order valence-electron chi connectivity index (χ4n) is 2.09. The Balaban J connectivity index is 2.62. The number of aryl methyl sites for hydroxylation is 1. The number of nitrogens with one attached hydrogen (secondary N) is 1.